The van der Waals surface area contributed by atoms with Gasteiger partial charge in [-0.1, -0.05) is 6.07 Å². The van der Waals surface area contributed by atoms with E-state index >= 15 is 0 Å². The minimum atomic E-state index is -1.17. The van der Waals surface area contributed by atoms with Gasteiger partial charge in [-0.25, -0.2) is 0 Å². The van der Waals surface area contributed by atoms with Crippen molar-refractivity contribution in [2.24, 2.45) is 0 Å². The SMILES string of the molecule is CC(C)NC(=O)C(O)Cc1ccc(O)c(O)c1. The predicted octanol–water partition coefficient (Wildman–Crippen LogP) is 0.526. The number of rotatable bonds is 4. The molecule has 0 saturated carbocycles. The van der Waals surface area contributed by atoms with Gasteiger partial charge in [-0.2, -0.15) is 0 Å². The van der Waals surface area contributed by atoms with E-state index in [4.69, 9.17) is 5.11 Å². The van der Waals surface area contributed by atoms with Crippen LogP contribution >= 0.6 is 0 Å². The molecule has 1 aromatic carbocycles. The fourth-order valence-electron chi connectivity index (χ4n) is 1.39. The number of aromatic hydroxyl groups is 2. The number of aliphatic hydroxyl groups is 1. The third-order valence-corrected chi connectivity index (χ3v) is 2.20. The molecule has 0 aromatic heterocycles. The van der Waals surface area contributed by atoms with Gasteiger partial charge in [0.1, 0.15) is 6.10 Å². The van der Waals surface area contributed by atoms with Gasteiger partial charge in [0.15, 0.2) is 11.5 Å². The third-order valence-electron chi connectivity index (χ3n) is 2.20. The molecule has 1 unspecified atom stereocenters. The van der Waals surface area contributed by atoms with Crippen molar-refractivity contribution in [3.05, 3.63) is 23.8 Å². The molecule has 0 aliphatic heterocycles. The molecule has 1 aromatic rings. The van der Waals surface area contributed by atoms with E-state index in [2.05, 4.69) is 5.32 Å². The van der Waals surface area contributed by atoms with E-state index in [0.717, 1.165) is 0 Å². The second kappa shape index (κ2) is 5.54. The van der Waals surface area contributed by atoms with Crippen molar-refractivity contribution in [2.75, 3.05) is 0 Å². The van der Waals surface area contributed by atoms with Gasteiger partial charge in [0, 0.05) is 12.5 Å². The Morgan fingerprint density at radius 3 is 2.47 bits per heavy atom. The van der Waals surface area contributed by atoms with Crippen LogP contribution in [0, 0.1) is 0 Å². The number of nitrogens with one attached hydrogen (secondary N) is 1. The minimum absolute atomic E-state index is 0.0367. The van der Waals surface area contributed by atoms with Gasteiger partial charge in [0.05, 0.1) is 0 Å². The molecule has 0 heterocycles. The highest BCUT2D eigenvalue weighted by Crippen LogP contribution is 2.25. The summed E-state index contributed by atoms with van der Waals surface area (Å²) in [6.45, 7) is 3.61. The van der Waals surface area contributed by atoms with Gasteiger partial charge in [-0.15, -0.1) is 0 Å². The number of phenols is 2. The van der Waals surface area contributed by atoms with Gasteiger partial charge >= 0.3 is 0 Å². The van der Waals surface area contributed by atoms with Crippen LogP contribution in [0.2, 0.25) is 0 Å². The Morgan fingerprint density at radius 1 is 1.29 bits per heavy atom. The number of aliphatic hydroxyl groups excluding tert-OH is 1. The maximum Gasteiger partial charge on any atom is 0.249 e. The average Bonchev–Trinajstić information content (AvgIpc) is 2.22. The number of amides is 1. The lowest BCUT2D eigenvalue weighted by atomic mass is 10.1. The van der Waals surface area contributed by atoms with Crippen molar-refractivity contribution in [2.45, 2.75) is 32.4 Å². The normalized spacial score (nSPS) is 12.5. The molecule has 0 radical (unpaired) electrons. The van der Waals surface area contributed by atoms with E-state index in [1.807, 2.05) is 0 Å². The molecule has 17 heavy (non-hydrogen) atoms. The van der Waals surface area contributed by atoms with Crippen molar-refractivity contribution in [1.29, 1.82) is 0 Å². The summed E-state index contributed by atoms with van der Waals surface area (Å²) < 4.78 is 0. The Labute approximate surface area is 99.7 Å². The first kappa shape index (κ1) is 13.3. The monoisotopic (exact) mass is 239 g/mol. The number of carbonyl (C=O) groups is 1. The van der Waals surface area contributed by atoms with Crippen molar-refractivity contribution in [3.63, 3.8) is 0 Å². The smallest absolute Gasteiger partial charge is 0.249 e. The summed E-state index contributed by atoms with van der Waals surface area (Å²) in [4.78, 5) is 11.4. The van der Waals surface area contributed by atoms with Crippen LogP contribution in [0.3, 0.4) is 0 Å². The fourth-order valence-corrected chi connectivity index (χ4v) is 1.39. The standard InChI is InChI=1S/C12H17NO4/c1-7(2)13-12(17)11(16)6-8-3-4-9(14)10(15)5-8/h3-5,7,11,14-16H,6H2,1-2H3,(H,13,17). The zero-order valence-electron chi connectivity index (χ0n) is 9.84. The van der Waals surface area contributed by atoms with Crippen LogP contribution in [0.5, 0.6) is 11.5 Å². The molecule has 0 saturated heterocycles. The highest BCUT2D eigenvalue weighted by atomic mass is 16.3. The Kier molecular flexibility index (Phi) is 4.34. The molecule has 5 heteroatoms. The fraction of sp³-hybridized carbons (Fsp3) is 0.417. The third kappa shape index (κ3) is 3.96. The highest BCUT2D eigenvalue weighted by molar-refractivity contribution is 5.81. The Morgan fingerprint density at radius 2 is 1.94 bits per heavy atom. The van der Waals surface area contributed by atoms with Gasteiger partial charge in [0.2, 0.25) is 5.91 Å². The van der Waals surface area contributed by atoms with Crippen LogP contribution in [0.15, 0.2) is 18.2 Å². The molecule has 0 aliphatic carbocycles. The number of hydrogen-bond acceptors (Lipinski definition) is 4. The van der Waals surface area contributed by atoms with E-state index < -0.39 is 12.0 Å². The first-order valence-corrected chi connectivity index (χ1v) is 5.39. The van der Waals surface area contributed by atoms with Crippen LogP contribution in [0.4, 0.5) is 0 Å². The minimum Gasteiger partial charge on any atom is -0.504 e. The topological polar surface area (TPSA) is 89.8 Å². The van der Waals surface area contributed by atoms with Crippen molar-refractivity contribution >= 4 is 5.91 Å². The summed E-state index contributed by atoms with van der Waals surface area (Å²) in [6, 6.07) is 4.14. The zero-order chi connectivity index (χ0) is 13.0. The number of benzene rings is 1. The van der Waals surface area contributed by atoms with E-state index in [9.17, 15) is 15.0 Å². The van der Waals surface area contributed by atoms with Crippen LogP contribution in [-0.2, 0) is 11.2 Å². The molecule has 0 bridgehead atoms. The second-order valence-electron chi connectivity index (χ2n) is 4.21. The van der Waals surface area contributed by atoms with Gasteiger partial charge in [-0.05, 0) is 31.5 Å². The molecular weight excluding hydrogens is 222 g/mol. The maximum atomic E-state index is 11.4. The van der Waals surface area contributed by atoms with E-state index in [1.165, 1.54) is 12.1 Å². The first-order valence-electron chi connectivity index (χ1n) is 5.39. The summed E-state index contributed by atoms with van der Waals surface area (Å²) in [5.41, 5.74) is 0.576. The second-order valence-corrected chi connectivity index (χ2v) is 4.21. The molecule has 4 N–H and O–H groups in total. The van der Waals surface area contributed by atoms with Crippen LogP contribution in [0.25, 0.3) is 0 Å². The summed E-state index contributed by atoms with van der Waals surface area (Å²) in [7, 11) is 0. The molecule has 1 amide bonds. The Balaban J connectivity index is 2.64. The quantitative estimate of drug-likeness (QED) is 0.577. The van der Waals surface area contributed by atoms with Crippen molar-refractivity contribution < 1.29 is 20.1 Å². The van der Waals surface area contributed by atoms with Gasteiger partial charge in [-0.3, -0.25) is 4.79 Å². The zero-order valence-corrected chi connectivity index (χ0v) is 9.84. The lowest BCUT2D eigenvalue weighted by Crippen LogP contribution is -2.39. The van der Waals surface area contributed by atoms with Crippen LogP contribution < -0.4 is 5.32 Å². The summed E-state index contributed by atoms with van der Waals surface area (Å²) in [6.07, 6.45) is -1.08. The van der Waals surface area contributed by atoms with Crippen LogP contribution in [0.1, 0.15) is 19.4 Å². The lowest BCUT2D eigenvalue weighted by molar-refractivity contribution is -0.129. The van der Waals surface area contributed by atoms with Crippen LogP contribution in [-0.4, -0.2) is 33.4 Å². The molecule has 1 atom stereocenters. The molecule has 5 nitrogen and oxygen atoms in total. The summed E-state index contributed by atoms with van der Waals surface area (Å²) in [5, 5.41) is 30.6. The Bertz CT molecular complexity index is 403. The molecule has 1 rings (SSSR count). The highest BCUT2D eigenvalue weighted by Gasteiger charge is 2.16. The summed E-state index contributed by atoms with van der Waals surface area (Å²) >= 11 is 0. The van der Waals surface area contributed by atoms with E-state index in [-0.39, 0.29) is 24.0 Å². The molecule has 94 valence electrons. The van der Waals surface area contributed by atoms with E-state index in [0.29, 0.717) is 5.56 Å². The van der Waals surface area contributed by atoms with Crippen molar-refractivity contribution in [3.8, 4) is 11.5 Å². The van der Waals surface area contributed by atoms with Gasteiger partial charge in [0.25, 0.3) is 0 Å². The van der Waals surface area contributed by atoms with Gasteiger partial charge < -0.3 is 20.6 Å². The maximum absolute atomic E-state index is 11.4. The molecular formula is C12H17NO4. The number of hydrogen-bond donors (Lipinski definition) is 4. The summed E-state index contributed by atoms with van der Waals surface area (Å²) in [5.74, 6) is -0.943. The number of phenolic OH excluding ortho intramolecular Hbond substituents is 2. The first-order chi connectivity index (χ1) is 7.90. The largest absolute Gasteiger partial charge is 0.504 e. The molecule has 0 spiro atoms. The van der Waals surface area contributed by atoms with E-state index in [1.54, 1.807) is 19.9 Å². The predicted molar refractivity (Wildman–Crippen MR) is 62.8 cm³/mol. The molecule has 0 fully saturated rings. The van der Waals surface area contributed by atoms with Crippen molar-refractivity contribution in [1.82, 2.24) is 5.32 Å². The number of carbonyl (C=O) groups excluding carboxylic acids is 1. The molecule has 0 aliphatic rings. The average molecular weight is 239 g/mol. The Hall–Kier alpha value is -1.75. The lowest BCUT2D eigenvalue weighted by Gasteiger charge is -2.13.